The zero-order valence-electron chi connectivity index (χ0n) is 8.78. The quantitative estimate of drug-likeness (QED) is 0.573. The fourth-order valence-corrected chi connectivity index (χ4v) is 0.878. The highest BCUT2D eigenvalue weighted by Gasteiger charge is 2.26. The summed E-state index contributed by atoms with van der Waals surface area (Å²) < 4.78 is 0. The van der Waals surface area contributed by atoms with Crippen molar-refractivity contribution in [1.82, 2.24) is 0 Å². The molecule has 0 rings (SSSR count). The fourth-order valence-electron chi connectivity index (χ4n) is 0.878. The van der Waals surface area contributed by atoms with Gasteiger partial charge in [-0.15, -0.1) is 0 Å². The second kappa shape index (κ2) is 4.74. The van der Waals surface area contributed by atoms with E-state index in [0.29, 0.717) is 0 Å². The van der Waals surface area contributed by atoms with Crippen molar-refractivity contribution in [2.75, 3.05) is 0 Å². The van der Waals surface area contributed by atoms with Gasteiger partial charge >= 0.3 is 0 Å². The summed E-state index contributed by atoms with van der Waals surface area (Å²) in [5.74, 6) is 0. The lowest BCUT2D eigenvalue weighted by Gasteiger charge is -2.26. The predicted molar refractivity (Wildman–Crippen MR) is 52.4 cm³/mol. The number of hydrogen-bond donors (Lipinski definition) is 3. The number of aliphatic hydroxyl groups is 3. The Bertz CT molecular complexity index is 179. The molecule has 2 atom stereocenters. The van der Waals surface area contributed by atoms with Crippen LogP contribution in [0.4, 0.5) is 0 Å². The second-order valence-electron chi connectivity index (χ2n) is 3.95. The van der Waals surface area contributed by atoms with Gasteiger partial charge in [0.05, 0.1) is 17.8 Å². The van der Waals surface area contributed by atoms with E-state index < -0.39 is 17.8 Å². The summed E-state index contributed by atoms with van der Waals surface area (Å²) in [6.45, 7) is 6.67. The molecular weight excluding hydrogens is 168 g/mol. The minimum Gasteiger partial charge on any atom is -0.390 e. The summed E-state index contributed by atoms with van der Waals surface area (Å²) in [4.78, 5) is 0. The zero-order valence-corrected chi connectivity index (χ0v) is 8.78. The first-order chi connectivity index (χ1) is 5.79. The van der Waals surface area contributed by atoms with Crippen LogP contribution in [0.15, 0.2) is 11.6 Å². The third-order valence-electron chi connectivity index (χ3n) is 2.24. The highest BCUT2D eigenvalue weighted by atomic mass is 16.3. The number of hydrogen-bond acceptors (Lipinski definition) is 3. The standard InChI is InChI=1S/C10H20O3/c1-5-7(2)8(11)6-9(12)10(3,4)13/h5,8-9,11-13H,6H2,1-4H3/b7-5-. The van der Waals surface area contributed by atoms with Gasteiger partial charge in [0.1, 0.15) is 0 Å². The van der Waals surface area contributed by atoms with Crippen LogP contribution in [-0.4, -0.2) is 33.1 Å². The van der Waals surface area contributed by atoms with Crippen molar-refractivity contribution < 1.29 is 15.3 Å². The van der Waals surface area contributed by atoms with E-state index in [0.717, 1.165) is 5.57 Å². The van der Waals surface area contributed by atoms with E-state index in [4.69, 9.17) is 0 Å². The van der Waals surface area contributed by atoms with Crippen LogP contribution in [0.2, 0.25) is 0 Å². The Morgan fingerprint density at radius 2 is 1.85 bits per heavy atom. The maximum absolute atomic E-state index is 9.51. The number of aliphatic hydroxyl groups excluding tert-OH is 2. The van der Waals surface area contributed by atoms with Crippen LogP contribution < -0.4 is 0 Å². The molecule has 78 valence electrons. The van der Waals surface area contributed by atoms with Crippen LogP contribution in [0.3, 0.4) is 0 Å². The van der Waals surface area contributed by atoms with Gasteiger partial charge in [-0.2, -0.15) is 0 Å². The molecule has 0 aromatic carbocycles. The lowest BCUT2D eigenvalue weighted by atomic mass is 9.94. The summed E-state index contributed by atoms with van der Waals surface area (Å²) in [5, 5.41) is 28.4. The van der Waals surface area contributed by atoms with E-state index in [1.54, 1.807) is 13.0 Å². The Hall–Kier alpha value is -0.380. The minimum absolute atomic E-state index is 0.166. The summed E-state index contributed by atoms with van der Waals surface area (Å²) in [6, 6.07) is 0. The lowest BCUT2D eigenvalue weighted by Crippen LogP contribution is -2.38. The predicted octanol–water partition coefficient (Wildman–Crippen LogP) is 0.835. The molecule has 0 aliphatic carbocycles. The average molecular weight is 188 g/mol. The van der Waals surface area contributed by atoms with E-state index >= 15 is 0 Å². The van der Waals surface area contributed by atoms with Crippen LogP contribution in [0.1, 0.15) is 34.1 Å². The summed E-state index contributed by atoms with van der Waals surface area (Å²) in [5.41, 5.74) is -0.349. The number of allylic oxidation sites excluding steroid dienone is 1. The lowest BCUT2D eigenvalue weighted by molar-refractivity contribution is -0.0640. The summed E-state index contributed by atoms with van der Waals surface area (Å²) in [6.07, 6.45) is 0.380. The molecule has 0 fully saturated rings. The van der Waals surface area contributed by atoms with Crippen molar-refractivity contribution in [3.05, 3.63) is 11.6 Å². The Kier molecular flexibility index (Phi) is 4.61. The maximum Gasteiger partial charge on any atom is 0.0850 e. The summed E-state index contributed by atoms with van der Waals surface area (Å²) >= 11 is 0. The molecule has 0 heterocycles. The van der Waals surface area contributed by atoms with Crippen molar-refractivity contribution in [1.29, 1.82) is 0 Å². The summed E-state index contributed by atoms with van der Waals surface area (Å²) in [7, 11) is 0. The van der Waals surface area contributed by atoms with E-state index in [2.05, 4.69) is 0 Å². The Balaban J connectivity index is 4.14. The molecule has 0 aromatic rings. The van der Waals surface area contributed by atoms with Crippen LogP contribution in [0.5, 0.6) is 0 Å². The van der Waals surface area contributed by atoms with Crippen molar-refractivity contribution >= 4 is 0 Å². The molecule has 0 aromatic heterocycles. The Labute approximate surface area is 79.7 Å². The Morgan fingerprint density at radius 3 is 2.15 bits per heavy atom. The smallest absolute Gasteiger partial charge is 0.0850 e. The van der Waals surface area contributed by atoms with Crippen molar-refractivity contribution in [2.45, 2.75) is 51.9 Å². The second-order valence-corrected chi connectivity index (χ2v) is 3.95. The van der Waals surface area contributed by atoms with Crippen molar-refractivity contribution in [3.8, 4) is 0 Å². The van der Waals surface area contributed by atoms with E-state index in [1.165, 1.54) is 13.8 Å². The zero-order chi connectivity index (χ0) is 10.6. The van der Waals surface area contributed by atoms with E-state index in [-0.39, 0.29) is 6.42 Å². The monoisotopic (exact) mass is 188 g/mol. The molecule has 0 saturated carbocycles. The SMILES string of the molecule is C/C=C(/C)C(O)CC(O)C(C)(C)O. The van der Waals surface area contributed by atoms with E-state index in [1.807, 2.05) is 6.92 Å². The highest BCUT2D eigenvalue weighted by Crippen LogP contribution is 2.16. The molecule has 13 heavy (non-hydrogen) atoms. The van der Waals surface area contributed by atoms with Crippen LogP contribution in [0, 0.1) is 0 Å². The van der Waals surface area contributed by atoms with E-state index in [9.17, 15) is 15.3 Å². The van der Waals surface area contributed by atoms with Gasteiger partial charge in [-0.3, -0.25) is 0 Å². The fraction of sp³-hybridized carbons (Fsp3) is 0.800. The maximum atomic E-state index is 9.51. The van der Waals surface area contributed by atoms with Crippen molar-refractivity contribution in [3.63, 3.8) is 0 Å². The van der Waals surface area contributed by atoms with Gasteiger partial charge in [0, 0.05) is 6.42 Å². The molecule has 3 N–H and O–H groups in total. The normalized spacial score (nSPS) is 18.5. The third kappa shape index (κ3) is 4.41. The third-order valence-corrected chi connectivity index (χ3v) is 2.24. The van der Waals surface area contributed by atoms with Gasteiger partial charge in [-0.05, 0) is 33.3 Å². The molecular formula is C10H20O3. The Morgan fingerprint density at radius 1 is 1.38 bits per heavy atom. The molecule has 2 unspecified atom stereocenters. The molecule has 0 bridgehead atoms. The van der Waals surface area contributed by atoms with Crippen LogP contribution in [0.25, 0.3) is 0 Å². The van der Waals surface area contributed by atoms with Gasteiger partial charge < -0.3 is 15.3 Å². The topological polar surface area (TPSA) is 60.7 Å². The molecule has 3 nitrogen and oxygen atoms in total. The van der Waals surface area contributed by atoms with Gasteiger partial charge in [-0.1, -0.05) is 6.08 Å². The molecule has 0 radical (unpaired) electrons. The molecule has 0 aliphatic heterocycles. The first-order valence-corrected chi connectivity index (χ1v) is 4.50. The van der Waals surface area contributed by atoms with Gasteiger partial charge in [0.15, 0.2) is 0 Å². The molecule has 0 amide bonds. The molecule has 0 aliphatic rings. The van der Waals surface area contributed by atoms with Crippen LogP contribution in [-0.2, 0) is 0 Å². The largest absolute Gasteiger partial charge is 0.390 e. The molecule has 3 heteroatoms. The van der Waals surface area contributed by atoms with Crippen LogP contribution >= 0.6 is 0 Å². The van der Waals surface area contributed by atoms with Gasteiger partial charge in [-0.25, -0.2) is 0 Å². The highest BCUT2D eigenvalue weighted by molar-refractivity contribution is 5.03. The van der Waals surface area contributed by atoms with Gasteiger partial charge in [0.2, 0.25) is 0 Å². The molecule has 0 spiro atoms. The first-order valence-electron chi connectivity index (χ1n) is 4.50. The molecule has 0 saturated heterocycles. The number of rotatable bonds is 4. The minimum atomic E-state index is -1.16. The van der Waals surface area contributed by atoms with Crippen molar-refractivity contribution in [2.24, 2.45) is 0 Å². The first kappa shape index (κ1) is 12.6. The van der Waals surface area contributed by atoms with Gasteiger partial charge in [0.25, 0.3) is 0 Å². The average Bonchev–Trinajstić information content (AvgIpc) is 2.01.